The fourth-order valence-corrected chi connectivity index (χ4v) is 5.50. The average Bonchev–Trinajstić information content (AvgIpc) is 3.34. The van der Waals surface area contributed by atoms with Crippen molar-refractivity contribution in [2.45, 2.75) is 64.3 Å². The number of fused-ring (bicyclic) bond motifs is 1. The van der Waals surface area contributed by atoms with Crippen molar-refractivity contribution < 1.29 is 14.1 Å². The first kappa shape index (κ1) is 30.0. The molecule has 1 aliphatic heterocycles. The molecule has 2 N–H and O–H groups in total. The second-order valence-corrected chi connectivity index (χ2v) is 11.4. The highest BCUT2D eigenvalue weighted by atomic mass is 16.5. The topological polar surface area (TPSA) is 67.1 Å². The van der Waals surface area contributed by atoms with Crippen LogP contribution in [0.25, 0.3) is 11.3 Å². The lowest BCUT2D eigenvalue weighted by atomic mass is 10.1. The van der Waals surface area contributed by atoms with Crippen LogP contribution in [0.4, 0.5) is 5.82 Å². The zero-order valence-corrected chi connectivity index (χ0v) is 25.2. The van der Waals surface area contributed by atoms with Gasteiger partial charge in [-0.3, -0.25) is 5.32 Å². The summed E-state index contributed by atoms with van der Waals surface area (Å²) >= 11 is 0. The van der Waals surface area contributed by atoms with Crippen LogP contribution in [0.5, 0.6) is 5.75 Å². The zero-order valence-electron chi connectivity index (χ0n) is 25.2. The summed E-state index contributed by atoms with van der Waals surface area (Å²) in [7, 11) is 0. The summed E-state index contributed by atoms with van der Waals surface area (Å²) in [6, 6.07) is 28.1. The Hall–Kier alpha value is -4.45. The predicted molar refractivity (Wildman–Crippen MR) is 173 cm³/mol. The minimum Gasteiger partial charge on any atom is -0.494 e. The number of anilines is 1. The van der Waals surface area contributed by atoms with E-state index in [1.165, 1.54) is 32.1 Å². The van der Waals surface area contributed by atoms with Gasteiger partial charge in [-0.25, -0.2) is 9.78 Å². The van der Waals surface area contributed by atoms with Gasteiger partial charge in [0.1, 0.15) is 23.3 Å². The maximum Gasteiger partial charge on any atom is 0.359 e. The molecule has 3 aromatic carbocycles. The highest BCUT2D eigenvalue weighted by molar-refractivity contribution is 5.82. The molecule has 0 spiro atoms. The highest BCUT2D eigenvalue weighted by Crippen LogP contribution is 2.25. The molecule has 4 aromatic rings. The molecule has 6 nitrogen and oxygen atoms in total. The predicted octanol–water partition coefficient (Wildman–Crippen LogP) is 7.15. The van der Waals surface area contributed by atoms with E-state index in [2.05, 4.69) is 41.5 Å². The number of aromatic nitrogens is 2. The van der Waals surface area contributed by atoms with Gasteiger partial charge in [0.2, 0.25) is 0 Å². The van der Waals surface area contributed by atoms with E-state index in [1.807, 2.05) is 73.8 Å². The van der Waals surface area contributed by atoms with Gasteiger partial charge in [-0.05, 0) is 43.0 Å². The van der Waals surface area contributed by atoms with Gasteiger partial charge in [0.05, 0.1) is 6.61 Å². The van der Waals surface area contributed by atoms with Gasteiger partial charge in [-0.15, -0.1) is 0 Å². The number of ether oxygens (including phenoxy) is 1. The number of benzene rings is 3. The summed E-state index contributed by atoms with van der Waals surface area (Å²) in [4.78, 5) is 18.7. The van der Waals surface area contributed by atoms with Crippen molar-refractivity contribution in [3.8, 4) is 17.0 Å². The minimum atomic E-state index is -0.372. The number of nitrogens with one attached hydrogen (secondary N) is 2. The van der Waals surface area contributed by atoms with Crippen LogP contribution in [0, 0.1) is 0 Å². The van der Waals surface area contributed by atoms with Gasteiger partial charge < -0.3 is 10.1 Å². The van der Waals surface area contributed by atoms with Gasteiger partial charge in [-0.2, -0.15) is 4.57 Å². The Morgan fingerprint density at radius 3 is 2.37 bits per heavy atom. The third kappa shape index (κ3) is 8.54. The van der Waals surface area contributed by atoms with E-state index in [-0.39, 0.29) is 11.9 Å². The number of hydrogen-bond acceptors (Lipinski definition) is 5. The molecular formula is C37H43N4O2+. The molecule has 43 heavy (non-hydrogen) atoms. The van der Waals surface area contributed by atoms with Crippen LogP contribution in [-0.2, 0) is 12.8 Å². The summed E-state index contributed by atoms with van der Waals surface area (Å²) in [6.07, 6.45) is 10.2. The molecule has 0 amide bonds. The maximum absolute atomic E-state index is 13.7. The molecule has 1 atom stereocenters. The van der Waals surface area contributed by atoms with Crippen LogP contribution >= 0.6 is 0 Å². The van der Waals surface area contributed by atoms with Gasteiger partial charge >= 0.3 is 11.7 Å². The molecule has 0 radical (unpaired) electrons. The molecule has 0 bridgehead atoms. The van der Waals surface area contributed by atoms with Gasteiger partial charge in [0.15, 0.2) is 6.04 Å². The maximum atomic E-state index is 13.7. The molecule has 0 saturated carbocycles. The number of carbonyl (C=O) groups excluding carboxylic acids is 1. The Balaban J connectivity index is 1.18. The highest BCUT2D eigenvalue weighted by Gasteiger charge is 2.41. The number of unbranched alkanes of at least 4 members (excludes halogenated alkanes) is 5. The molecule has 0 saturated heterocycles. The molecule has 0 aliphatic carbocycles. The van der Waals surface area contributed by atoms with Gasteiger partial charge in [0.25, 0.3) is 0 Å². The summed E-state index contributed by atoms with van der Waals surface area (Å²) in [5.74, 6) is 1.67. The number of rotatable bonds is 16. The van der Waals surface area contributed by atoms with E-state index >= 15 is 0 Å². The van der Waals surface area contributed by atoms with Crippen LogP contribution < -0.4 is 19.9 Å². The van der Waals surface area contributed by atoms with Crippen molar-refractivity contribution in [3.05, 3.63) is 120 Å². The first-order valence-electron chi connectivity index (χ1n) is 15.5. The molecular weight excluding hydrogens is 532 g/mol. The second-order valence-electron chi connectivity index (χ2n) is 11.4. The molecule has 1 aromatic heterocycles. The van der Waals surface area contributed by atoms with Crippen molar-refractivity contribution in [1.29, 1.82) is 0 Å². The van der Waals surface area contributed by atoms with E-state index < -0.39 is 0 Å². The fourth-order valence-electron chi connectivity index (χ4n) is 5.50. The van der Waals surface area contributed by atoms with E-state index in [4.69, 9.17) is 9.72 Å². The number of allylic oxidation sites excluding steroid dienone is 1. The zero-order chi connectivity index (χ0) is 29.9. The Labute approximate surface area is 255 Å². The van der Waals surface area contributed by atoms with Crippen molar-refractivity contribution in [2.75, 3.05) is 18.5 Å². The van der Waals surface area contributed by atoms with Gasteiger partial charge in [0, 0.05) is 30.6 Å². The molecule has 1 unspecified atom stereocenters. The summed E-state index contributed by atoms with van der Waals surface area (Å²) in [5.41, 5.74) is 5.91. The first-order valence-corrected chi connectivity index (χ1v) is 15.5. The second kappa shape index (κ2) is 15.1. The van der Waals surface area contributed by atoms with Gasteiger partial charge in [-0.1, -0.05) is 105 Å². The lowest BCUT2D eigenvalue weighted by Crippen LogP contribution is -2.44. The molecule has 0 fully saturated rings. The largest absolute Gasteiger partial charge is 0.494 e. The SMILES string of the molecule is C=C(C)NCCCCCCCCOc1cccc(CC2Nc3c(Cc4ccccc4)nc(-c4ccccc4)c[n+]3C2=O)c1. The van der Waals surface area contributed by atoms with Crippen molar-refractivity contribution in [3.63, 3.8) is 0 Å². The van der Waals surface area contributed by atoms with Crippen LogP contribution in [0.3, 0.4) is 0 Å². The standard InChI is InChI=1S/C37H42N4O2/c1-28(2)38-22-13-5-3-4-6-14-23-43-32-21-15-18-30(24-32)26-34-37(42)41-27-35(31-19-11-8-12-20-31)39-33(36(41)40-34)25-29-16-9-7-10-17-29/h7-12,15-21,24,27,34,38H,1,3-6,13-14,22-23,25-26H2,2H3/p+1. The van der Waals surface area contributed by atoms with E-state index in [1.54, 1.807) is 4.57 Å². The first-order chi connectivity index (χ1) is 21.1. The normalized spacial score (nSPS) is 13.8. The molecule has 1 aliphatic rings. The summed E-state index contributed by atoms with van der Waals surface area (Å²) < 4.78 is 7.84. The van der Waals surface area contributed by atoms with E-state index in [0.717, 1.165) is 58.3 Å². The Morgan fingerprint density at radius 2 is 1.60 bits per heavy atom. The quantitative estimate of drug-likeness (QED) is 0.110. The Morgan fingerprint density at radius 1 is 0.907 bits per heavy atom. The third-order valence-electron chi connectivity index (χ3n) is 7.76. The Bertz CT molecular complexity index is 1500. The van der Waals surface area contributed by atoms with Crippen molar-refractivity contribution >= 4 is 11.7 Å². The summed E-state index contributed by atoms with van der Waals surface area (Å²) in [6.45, 7) is 7.60. The lowest BCUT2D eigenvalue weighted by Gasteiger charge is -2.09. The molecule has 222 valence electrons. The fraction of sp³-hybridized carbons (Fsp3) is 0.324. The van der Waals surface area contributed by atoms with Crippen LogP contribution in [-0.4, -0.2) is 30.1 Å². The average molecular weight is 576 g/mol. The van der Waals surface area contributed by atoms with Crippen molar-refractivity contribution in [2.24, 2.45) is 0 Å². The lowest BCUT2D eigenvalue weighted by molar-refractivity contribution is -0.552. The molecule has 5 rings (SSSR count). The van der Waals surface area contributed by atoms with Crippen molar-refractivity contribution in [1.82, 2.24) is 10.3 Å². The molecule has 6 heteroatoms. The van der Waals surface area contributed by atoms with Crippen LogP contribution in [0.1, 0.15) is 67.1 Å². The smallest absolute Gasteiger partial charge is 0.359 e. The van der Waals surface area contributed by atoms with Crippen LogP contribution in [0.15, 0.2) is 103 Å². The third-order valence-corrected chi connectivity index (χ3v) is 7.76. The van der Waals surface area contributed by atoms with E-state index in [9.17, 15) is 4.79 Å². The summed E-state index contributed by atoms with van der Waals surface area (Å²) in [5, 5.41) is 6.80. The number of carbonyl (C=O) groups is 1. The molecule has 2 heterocycles. The number of hydrogen-bond donors (Lipinski definition) is 2. The Kier molecular flexibility index (Phi) is 10.6. The monoisotopic (exact) mass is 575 g/mol. The minimum absolute atomic E-state index is 0.0330. The van der Waals surface area contributed by atoms with Crippen LogP contribution in [0.2, 0.25) is 0 Å². The van der Waals surface area contributed by atoms with E-state index in [0.29, 0.717) is 19.4 Å². The number of nitrogens with zero attached hydrogens (tertiary/aromatic N) is 2.